The first-order valence-electron chi connectivity index (χ1n) is 10.0. The van der Waals surface area contributed by atoms with Gasteiger partial charge in [0.25, 0.3) is 0 Å². The second kappa shape index (κ2) is 9.61. The van der Waals surface area contributed by atoms with Crippen molar-refractivity contribution < 1.29 is 14.6 Å². The number of aryl methyl sites for hydroxylation is 1. The van der Waals surface area contributed by atoms with E-state index in [0.29, 0.717) is 46.8 Å². The number of aromatic nitrogens is 3. The molecule has 0 aliphatic heterocycles. The molecule has 0 aliphatic rings. The Morgan fingerprint density at radius 2 is 1.94 bits per heavy atom. The van der Waals surface area contributed by atoms with Crippen LogP contribution in [0.15, 0.2) is 42.5 Å². The number of aromatic hydroxyl groups is 1. The van der Waals surface area contributed by atoms with Crippen LogP contribution < -0.4 is 3.58 Å². The van der Waals surface area contributed by atoms with Crippen LogP contribution in [0.5, 0.6) is 5.75 Å². The third-order valence-electron chi connectivity index (χ3n) is 4.41. The number of fused-ring (bicyclic) bond motifs is 1. The number of phenolic OH excluding ortho intramolecular Hbond substituents is 1. The standard InChI is InChI=1S/C19H17ClN3O3.C4H9.Sn/c1-12(2)19(25)26-9-3-4-13-5-8-18(24)17(10-13)23-21-15-7-6-14(20)11-16(15)22-23;1-4(2)3;/h5-7,10-11,24H,1,3-4,9H2,2H3;1-3H3;. The van der Waals surface area contributed by atoms with Crippen LogP contribution in [-0.4, -0.2) is 53.8 Å². The van der Waals surface area contributed by atoms with Crippen molar-refractivity contribution in [2.24, 2.45) is 0 Å². The van der Waals surface area contributed by atoms with Crippen molar-refractivity contribution in [3.63, 3.8) is 0 Å². The van der Waals surface area contributed by atoms with Crippen LogP contribution in [0.25, 0.3) is 16.7 Å². The van der Waals surface area contributed by atoms with Crippen molar-refractivity contribution in [3.8, 4) is 11.4 Å². The number of hydrogen-bond donors (Lipinski definition) is 1. The minimum atomic E-state index is -1.10. The third-order valence-corrected chi connectivity index (χ3v) is 8.64. The number of benzene rings is 2. The Morgan fingerprint density at radius 3 is 2.61 bits per heavy atom. The molecule has 2 radical (unpaired) electrons. The first-order valence-corrected chi connectivity index (χ1v) is 13.3. The molecule has 162 valence electrons. The van der Waals surface area contributed by atoms with Gasteiger partial charge in [0.1, 0.15) is 0 Å². The SMILES string of the molecule is C=C(C)C(=O)OCCCc1c[c]([Sn][C](C)(C)C)c(O)c(-n2nc3ccc(Cl)cc3n2)c1. The summed E-state index contributed by atoms with van der Waals surface area (Å²) in [7, 11) is 0. The van der Waals surface area contributed by atoms with E-state index in [-0.39, 0.29) is 15.1 Å². The number of ether oxygens (including phenoxy) is 1. The molecular weight excluding hydrogens is 520 g/mol. The molecule has 3 aromatic rings. The zero-order valence-corrected chi connectivity index (χ0v) is 21.8. The van der Waals surface area contributed by atoms with Gasteiger partial charge >= 0.3 is 198 Å². The van der Waals surface area contributed by atoms with Crippen molar-refractivity contribution in [3.05, 3.63) is 53.1 Å². The quantitative estimate of drug-likeness (QED) is 0.206. The van der Waals surface area contributed by atoms with Crippen molar-refractivity contribution in [1.82, 2.24) is 15.0 Å². The molecule has 31 heavy (non-hydrogen) atoms. The number of hydrogen-bond acceptors (Lipinski definition) is 5. The molecule has 0 atom stereocenters. The van der Waals surface area contributed by atoms with Crippen LogP contribution >= 0.6 is 11.6 Å². The molecule has 0 spiro atoms. The minimum absolute atomic E-state index is 0.156. The van der Waals surface area contributed by atoms with Crippen LogP contribution in [0.3, 0.4) is 0 Å². The first-order chi connectivity index (χ1) is 14.5. The molecule has 3 rings (SSSR count). The predicted molar refractivity (Wildman–Crippen MR) is 125 cm³/mol. The fraction of sp³-hybridized carbons (Fsp3) is 0.348. The van der Waals surface area contributed by atoms with Gasteiger partial charge in [-0.3, -0.25) is 0 Å². The molecule has 1 heterocycles. The Hall–Kier alpha value is -2.06. The van der Waals surface area contributed by atoms with Gasteiger partial charge in [0, 0.05) is 0 Å². The summed E-state index contributed by atoms with van der Waals surface area (Å²) in [5.41, 5.74) is 3.38. The third kappa shape index (κ3) is 6.23. The summed E-state index contributed by atoms with van der Waals surface area (Å²) in [5.74, 6) is -0.134. The van der Waals surface area contributed by atoms with Gasteiger partial charge in [-0.05, 0) is 0 Å². The van der Waals surface area contributed by atoms with Gasteiger partial charge in [0.15, 0.2) is 0 Å². The Balaban J connectivity index is 1.92. The van der Waals surface area contributed by atoms with Crippen LogP contribution in [0.2, 0.25) is 8.45 Å². The van der Waals surface area contributed by atoms with E-state index in [4.69, 9.17) is 16.3 Å². The van der Waals surface area contributed by atoms with E-state index in [0.717, 1.165) is 9.14 Å². The topological polar surface area (TPSA) is 77.2 Å². The van der Waals surface area contributed by atoms with Gasteiger partial charge in [-0.1, -0.05) is 0 Å². The fourth-order valence-electron chi connectivity index (χ4n) is 3.03. The summed E-state index contributed by atoms with van der Waals surface area (Å²) in [6.07, 6.45) is 1.38. The first kappa shape index (κ1) is 23.6. The summed E-state index contributed by atoms with van der Waals surface area (Å²) >= 11 is 4.98. The molecule has 0 aliphatic carbocycles. The van der Waals surface area contributed by atoms with Crippen LogP contribution in [-0.2, 0) is 16.0 Å². The number of phenols is 1. The molecule has 6 nitrogen and oxygen atoms in total. The van der Waals surface area contributed by atoms with Crippen LogP contribution in [0.1, 0.15) is 39.7 Å². The molecule has 0 unspecified atom stereocenters. The zero-order chi connectivity index (χ0) is 22.8. The molecule has 0 fully saturated rings. The summed E-state index contributed by atoms with van der Waals surface area (Å²) < 4.78 is 6.36. The van der Waals surface area contributed by atoms with Crippen molar-refractivity contribution in [2.45, 2.75) is 44.0 Å². The van der Waals surface area contributed by atoms with Gasteiger partial charge in [0.2, 0.25) is 0 Å². The molecular formula is C23H26ClN3O3Sn. The number of esters is 1. The van der Waals surface area contributed by atoms with E-state index >= 15 is 0 Å². The van der Waals surface area contributed by atoms with E-state index < -0.39 is 21.1 Å². The maximum absolute atomic E-state index is 11.6. The van der Waals surface area contributed by atoms with Gasteiger partial charge in [-0.15, -0.1) is 0 Å². The number of nitrogens with zero attached hydrogens (tertiary/aromatic N) is 3. The number of rotatable bonds is 7. The summed E-state index contributed by atoms with van der Waals surface area (Å²) in [6.45, 7) is 12.1. The molecule has 0 bridgehead atoms. The maximum atomic E-state index is 11.6. The Kier molecular flexibility index (Phi) is 7.31. The Morgan fingerprint density at radius 1 is 1.23 bits per heavy atom. The Labute approximate surface area is 197 Å². The van der Waals surface area contributed by atoms with Crippen LogP contribution in [0.4, 0.5) is 0 Å². The van der Waals surface area contributed by atoms with E-state index in [1.807, 2.05) is 12.1 Å². The molecule has 1 N–H and O–H groups in total. The number of carbonyl (C=O) groups is 1. The molecule has 0 saturated heterocycles. The number of halogens is 1. The molecule has 2 aromatic carbocycles. The monoisotopic (exact) mass is 547 g/mol. The normalized spacial score (nSPS) is 11.6. The summed E-state index contributed by atoms with van der Waals surface area (Å²) in [4.78, 5) is 13.1. The summed E-state index contributed by atoms with van der Waals surface area (Å²) in [6, 6.07) is 9.32. The van der Waals surface area contributed by atoms with E-state index in [2.05, 4.69) is 43.6 Å². The van der Waals surface area contributed by atoms with Crippen molar-refractivity contribution in [1.29, 1.82) is 0 Å². The predicted octanol–water partition coefficient (Wildman–Crippen LogP) is 4.38. The van der Waals surface area contributed by atoms with E-state index in [9.17, 15) is 9.90 Å². The second-order valence-electron chi connectivity index (χ2n) is 8.53. The van der Waals surface area contributed by atoms with Gasteiger partial charge in [0.05, 0.1) is 0 Å². The molecule has 0 amide bonds. The molecule has 8 heteroatoms. The van der Waals surface area contributed by atoms with Gasteiger partial charge in [-0.25, -0.2) is 0 Å². The fourth-order valence-corrected chi connectivity index (χ4v) is 6.94. The Bertz CT molecular complexity index is 1140. The molecule has 0 saturated carbocycles. The zero-order valence-electron chi connectivity index (χ0n) is 18.2. The van der Waals surface area contributed by atoms with Gasteiger partial charge in [-0.2, -0.15) is 0 Å². The van der Waals surface area contributed by atoms with E-state index in [1.165, 1.54) is 4.80 Å². The number of carbonyl (C=O) groups excluding carboxylic acids is 1. The summed E-state index contributed by atoms with van der Waals surface area (Å²) in [5, 5.41) is 20.7. The molecule has 1 aromatic heterocycles. The average Bonchev–Trinajstić information content (AvgIpc) is 3.08. The van der Waals surface area contributed by atoms with Crippen molar-refractivity contribution in [2.75, 3.05) is 6.61 Å². The van der Waals surface area contributed by atoms with E-state index in [1.54, 1.807) is 19.1 Å². The second-order valence-corrected chi connectivity index (χ2v) is 15.5. The average molecular weight is 547 g/mol. The van der Waals surface area contributed by atoms with Crippen LogP contribution in [0, 0.1) is 0 Å². The van der Waals surface area contributed by atoms with Crippen molar-refractivity contribution >= 4 is 53.3 Å². The van der Waals surface area contributed by atoms with Gasteiger partial charge < -0.3 is 0 Å².